The van der Waals surface area contributed by atoms with Crippen LogP contribution in [0.4, 0.5) is 17.6 Å². The van der Waals surface area contributed by atoms with Crippen LogP contribution in [-0.2, 0) is 6.18 Å². The molecule has 0 aromatic heterocycles. The molecule has 0 bridgehead atoms. The molecule has 0 aliphatic heterocycles. The van der Waals surface area contributed by atoms with Crippen molar-refractivity contribution < 1.29 is 17.6 Å². The summed E-state index contributed by atoms with van der Waals surface area (Å²) in [6.07, 6.45) is 8.43. The Balaban J connectivity index is 1.62. The third-order valence-corrected chi connectivity index (χ3v) is 6.74. The fourth-order valence-corrected chi connectivity index (χ4v) is 4.93. The topological polar surface area (TPSA) is 0 Å². The summed E-state index contributed by atoms with van der Waals surface area (Å²) in [5.74, 6) is 1.63. The standard InChI is InChI=1S/C23H30F4/c1-15-3-9-18(10-4-15)19-12-6-17(7-13-19)8-14-20-11-5-16(2)22(24)21(20)23(25,26)27/h5,8,11,14-15,17-19H,3-4,6-7,9-10,12-13H2,1-2H3/b14-8+. The first kappa shape index (κ1) is 20.4. The van der Waals surface area contributed by atoms with Crippen LogP contribution in [-0.4, -0.2) is 0 Å². The summed E-state index contributed by atoms with van der Waals surface area (Å²) in [6, 6.07) is 2.80. The van der Waals surface area contributed by atoms with Crippen LogP contribution in [0.15, 0.2) is 18.2 Å². The lowest BCUT2D eigenvalue weighted by Crippen LogP contribution is -2.24. The average molecular weight is 382 g/mol. The maximum Gasteiger partial charge on any atom is 0.419 e. The first-order valence-electron chi connectivity index (χ1n) is 10.3. The highest BCUT2D eigenvalue weighted by Crippen LogP contribution is 2.42. The lowest BCUT2D eigenvalue weighted by atomic mass is 9.69. The van der Waals surface area contributed by atoms with Crippen molar-refractivity contribution in [1.29, 1.82) is 0 Å². The molecule has 0 spiro atoms. The van der Waals surface area contributed by atoms with Crippen molar-refractivity contribution in [2.45, 2.75) is 71.4 Å². The highest BCUT2D eigenvalue weighted by Gasteiger charge is 2.37. The molecule has 0 amide bonds. The zero-order valence-electron chi connectivity index (χ0n) is 16.3. The predicted octanol–water partition coefficient (Wildman–Crippen LogP) is 7.80. The molecule has 1 aromatic rings. The van der Waals surface area contributed by atoms with Crippen molar-refractivity contribution in [1.82, 2.24) is 0 Å². The molecule has 0 atom stereocenters. The molecule has 2 fully saturated rings. The van der Waals surface area contributed by atoms with E-state index in [1.165, 1.54) is 63.7 Å². The monoisotopic (exact) mass is 382 g/mol. The Morgan fingerprint density at radius 1 is 0.889 bits per heavy atom. The summed E-state index contributed by atoms with van der Waals surface area (Å²) in [4.78, 5) is 0. The van der Waals surface area contributed by atoms with Gasteiger partial charge in [0.2, 0.25) is 0 Å². The van der Waals surface area contributed by atoms with E-state index < -0.39 is 17.6 Å². The van der Waals surface area contributed by atoms with Crippen molar-refractivity contribution in [3.05, 3.63) is 40.7 Å². The molecule has 4 heteroatoms. The molecule has 2 saturated carbocycles. The lowest BCUT2D eigenvalue weighted by Gasteiger charge is -2.36. The SMILES string of the molecule is Cc1ccc(/C=C/C2CCC(C3CCC(C)CC3)CC2)c(C(F)(F)F)c1F. The van der Waals surface area contributed by atoms with Crippen LogP contribution in [0.3, 0.4) is 0 Å². The molecule has 150 valence electrons. The van der Waals surface area contributed by atoms with Gasteiger partial charge in [-0.2, -0.15) is 13.2 Å². The molecule has 0 radical (unpaired) electrons. The van der Waals surface area contributed by atoms with E-state index in [0.717, 1.165) is 30.6 Å². The number of hydrogen-bond acceptors (Lipinski definition) is 0. The van der Waals surface area contributed by atoms with Crippen LogP contribution in [0.2, 0.25) is 0 Å². The van der Waals surface area contributed by atoms with Gasteiger partial charge < -0.3 is 0 Å². The van der Waals surface area contributed by atoms with E-state index >= 15 is 0 Å². The predicted molar refractivity (Wildman–Crippen MR) is 102 cm³/mol. The Kier molecular flexibility index (Phi) is 6.32. The van der Waals surface area contributed by atoms with Crippen LogP contribution in [0.1, 0.15) is 75.0 Å². The summed E-state index contributed by atoms with van der Waals surface area (Å²) in [5.41, 5.74) is -1.17. The summed E-state index contributed by atoms with van der Waals surface area (Å²) in [7, 11) is 0. The van der Waals surface area contributed by atoms with Crippen molar-refractivity contribution in [3.8, 4) is 0 Å². The summed E-state index contributed by atoms with van der Waals surface area (Å²) < 4.78 is 53.9. The van der Waals surface area contributed by atoms with Crippen molar-refractivity contribution in [2.75, 3.05) is 0 Å². The minimum atomic E-state index is -4.68. The quantitative estimate of drug-likeness (QED) is 0.468. The summed E-state index contributed by atoms with van der Waals surface area (Å²) in [6.45, 7) is 3.70. The maximum absolute atomic E-state index is 14.1. The van der Waals surface area contributed by atoms with Gasteiger partial charge in [0.15, 0.2) is 0 Å². The van der Waals surface area contributed by atoms with Crippen molar-refractivity contribution >= 4 is 6.08 Å². The smallest absolute Gasteiger partial charge is 0.206 e. The summed E-state index contributed by atoms with van der Waals surface area (Å²) in [5, 5.41) is 0. The Labute approximate surface area is 160 Å². The number of aryl methyl sites for hydroxylation is 1. The number of alkyl halides is 3. The highest BCUT2D eigenvalue weighted by atomic mass is 19.4. The van der Waals surface area contributed by atoms with Crippen LogP contribution >= 0.6 is 0 Å². The van der Waals surface area contributed by atoms with E-state index in [9.17, 15) is 17.6 Å². The van der Waals surface area contributed by atoms with Crippen molar-refractivity contribution in [2.24, 2.45) is 23.7 Å². The van der Waals surface area contributed by atoms with Gasteiger partial charge in [-0.1, -0.05) is 44.1 Å². The number of benzene rings is 1. The fraction of sp³-hybridized carbons (Fsp3) is 0.652. The summed E-state index contributed by atoms with van der Waals surface area (Å²) >= 11 is 0. The normalized spacial score (nSPS) is 30.0. The molecular weight excluding hydrogens is 352 g/mol. The molecule has 0 saturated heterocycles. The lowest BCUT2D eigenvalue weighted by molar-refractivity contribution is -0.140. The molecule has 0 heterocycles. The minimum Gasteiger partial charge on any atom is -0.206 e. The highest BCUT2D eigenvalue weighted by molar-refractivity contribution is 5.56. The molecule has 2 aliphatic rings. The Bertz CT molecular complexity index is 658. The Hall–Kier alpha value is -1.32. The third kappa shape index (κ3) is 4.94. The van der Waals surface area contributed by atoms with E-state index in [2.05, 4.69) is 6.92 Å². The second-order valence-electron chi connectivity index (χ2n) is 8.71. The van der Waals surface area contributed by atoms with Crippen LogP contribution < -0.4 is 0 Å². The molecule has 27 heavy (non-hydrogen) atoms. The van der Waals surface area contributed by atoms with Gasteiger partial charge in [-0.05, 0) is 80.2 Å². The first-order chi connectivity index (χ1) is 12.8. The second-order valence-corrected chi connectivity index (χ2v) is 8.71. The van der Waals surface area contributed by atoms with Gasteiger partial charge in [-0.25, -0.2) is 4.39 Å². The molecular formula is C23H30F4. The zero-order chi connectivity index (χ0) is 19.6. The average Bonchev–Trinajstić information content (AvgIpc) is 2.63. The number of allylic oxidation sites excluding steroid dienone is 1. The third-order valence-electron chi connectivity index (χ3n) is 6.74. The van der Waals surface area contributed by atoms with Gasteiger partial charge >= 0.3 is 6.18 Å². The molecule has 3 rings (SSSR count). The van der Waals surface area contributed by atoms with Crippen LogP contribution in [0, 0.1) is 36.4 Å². The van der Waals surface area contributed by atoms with E-state index in [0.29, 0.717) is 5.92 Å². The van der Waals surface area contributed by atoms with E-state index in [1.807, 2.05) is 6.08 Å². The largest absolute Gasteiger partial charge is 0.419 e. The van der Waals surface area contributed by atoms with E-state index in [4.69, 9.17) is 0 Å². The molecule has 2 aliphatic carbocycles. The van der Waals surface area contributed by atoms with Gasteiger partial charge in [0.1, 0.15) is 5.82 Å². The van der Waals surface area contributed by atoms with Gasteiger partial charge in [-0.15, -0.1) is 0 Å². The van der Waals surface area contributed by atoms with Crippen LogP contribution in [0.5, 0.6) is 0 Å². The van der Waals surface area contributed by atoms with Gasteiger partial charge in [0.25, 0.3) is 0 Å². The second kappa shape index (κ2) is 8.36. The molecule has 0 nitrogen and oxygen atoms in total. The van der Waals surface area contributed by atoms with Gasteiger partial charge in [-0.3, -0.25) is 0 Å². The Morgan fingerprint density at radius 3 is 2.00 bits per heavy atom. The Morgan fingerprint density at radius 2 is 1.44 bits per heavy atom. The van der Waals surface area contributed by atoms with Crippen molar-refractivity contribution in [3.63, 3.8) is 0 Å². The number of halogens is 4. The fourth-order valence-electron chi connectivity index (χ4n) is 4.93. The first-order valence-corrected chi connectivity index (χ1v) is 10.3. The van der Waals surface area contributed by atoms with Crippen LogP contribution in [0.25, 0.3) is 6.08 Å². The van der Waals surface area contributed by atoms with Gasteiger partial charge in [0, 0.05) is 0 Å². The maximum atomic E-state index is 14.1. The number of hydrogen-bond donors (Lipinski definition) is 0. The molecule has 0 N–H and O–H groups in total. The van der Waals surface area contributed by atoms with E-state index in [1.54, 1.807) is 0 Å². The molecule has 1 aromatic carbocycles. The minimum absolute atomic E-state index is 0.0294. The zero-order valence-corrected chi connectivity index (χ0v) is 16.3. The van der Waals surface area contributed by atoms with E-state index in [-0.39, 0.29) is 11.1 Å². The molecule has 0 unspecified atom stereocenters. The van der Waals surface area contributed by atoms with Gasteiger partial charge in [0.05, 0.1) is 5.56 Å². The number of rotatable bonds is 3.